The predicted octanol–water partition coefficient (Wildman–Crippen LogP) is 6.53. The van der Waals surface area contributed by atoms with Crippen molar-refractivity contribution in [1.29, 1.82) is 0 Å². The second-order valence-electron chi connectivity index (χ2n) is 12.2. The van der Waals surface area contributed by atoms with E-state index in [1.54, 1.807) is 5.57 Å². The van der Waals surface area contributed by atoms with Crippen LogP contribution in [0, 0.1) is 46.3 Å². The third-order valence-electron chi connectivity index (χ3n) is 10.6. The van der Waals surface area contributed by atoms with E-state index in [4.69, 9.17) is 0 Å². The highest BCUT2D eigenvalue weighted by Crippen LogP contribution is 2.67. The van der Waals surface area contributed by atoms with Gasteiger partial charge >= 0.3 is 0 Å². The fourth-order valence-electron chi connectivity index (χ4n) is 8.54. The minimum Gasteiger partial charge on any atom is -0.396 e. The van der Waals surface area contributed by atoms with Crippen molar-refractivity contribution < 1.29 is 10.2 Å². The predicted molar refractivity (Wildman–Crippen MR) is 125 cm³/mol. The van der Waals surface area contributed by atoms with Crippen LogP contribution < -0.4 is 0 Å². The molecule has 0 aromatic heterocycles. The first-order chi connectivity index (χ1) is 14.2. The Hall–Kier alpha value is -0.600. The minimum atomic E-state index is -0.114. The third kappa shape index (κ3) is 3.64. The van der Waals surface area contributed by atoms with Gasteiger partial charge in [-0.15, -0.1) is 0 Å². The molecule has 170 valence electrons. The van der Waals surface area contributed by atoms with Crippen molar-refractivity contribution in [2.45, 2.75) is 98.0 Å². The lowest BCUT2D eigenvalue weighted by Crippen LogP contribution is -2.51. The molecule has 8 atom stereocenters. The van der Waals surface area contributed by atoms with E-state index < -0.39 is 0 Å². The van der Waals surface area contributed by atoms with Gasteiger partial charge in [0, 0.05) is 6.61 Å². The molecular formula is C28H46O2. The van der Waals surface area contributed by atoms with Gasteiger partial charge in [-0.2, -0.15) is 0 Å². The van der Waals surface area contributed by atoms with E-state index in [1.165, 1.54) is 44.1 Å². The number of aliphatic hydroxyl groups is 2. The van der Waals surface area contributed by atoms with Crippen molar-refractivity contribution in [2.75, 3.05) is 6.61 Å². The molecule has 0 aliphatic heterocycles. The van der Waals surface area contributed by atoms with Crippen molar-refractivity contribution >= 4 is 0 Å². The Balaban J connectivity index is 1.51. The van der Waals surface area contributed by atoms with E-state index in [2.05, 4.69) is 40.3 Å². The summed E-state index contributed by atoms with van der Waals surface area (Å²) in [6, 6.07) is 0. The highest BCUT2D eigenvalue weighted by Gasteiger charge is 2.59. The summed E-state index contributed by atoms with van der Waals surface area (Å²) in [7, 11) is 0. The van der Waals surface area contributed by atoms with Gasteiger partial charge in [-0.05, 0) is 111 Å². The summed E-state index contributed by atoms with van der Waals surface area (Å²) in [5.41, 5.74) is 3.63. The van der Waals surface area contributed by atoms with Crippen LogP contribution in [0.25, 0.3) is 0 Å². The quantitative estimate of drug-likeness (QED) is 0.485. The first-order valence-corrected chi connectivity index (χ1v) is 12.9. The molecule has 2 N–H and O–H groups in total. The lowest BCUT2D eigenvalue weighted by atomic mass is 9.47. The van der Waals surface area contributed by atoms with Gasteiger partial charge < -0.3 is 10.2 Å². The number of hydrogen-bond donors (Lipinski definition) is 2. The fourth-order valence-corrected chi connectivity index (χ4v) is 8.54. The van der Waals surface area contributed by atoms with Crippen LogP contribution in [-0.4, -0.2) is 22.9 Å². The van der Waals surface area contributed by atoms with Gasteiger partial charge in [0.1, 0.15) is 0 Å². The van der Waals surface area contributed by atoms with Gasteiger partial charge in [-0.25, -0.2) is 0 Å². The average Bonchev–Trinajstić information content (AvgIpc) is 3.06. The first kappa shape index (κ1) is 22.6. The summed E-state index contributed by atoms with van der Waals surface area (Å²) >= 11 is 0. The molecule has 4 aliphatic rings. The molecule has 4 aliphatic carbocycles. The Labute approximate surface area is 185 Å². The lowest BCUT2D eigenvalue weighted by Gasteiger charge is -2.58. The number of hydrogen-bond acceptors (Lipinski definition) is 2. The molecule has 3 fully saturated rings. The summed E-state index contributed by atoms with van der Waals surface area (Å²) in [5, 5.41) is 20.6. The Morgan fingerprint density at radius 2 is 1.90 bits per heavy atom. The Morgan fingerprint density at radius 3 is 2.60 bits per heavy atom. The SMILES string of the molecule is C=C(CC[C@@H](CO)[C@H]1CC[C@H]2[C@@H]3CC=C4CC(O)CC[C@]4(C)[C@H]3CC[C@]12C)C(C)C. The van der Waals surface area contributed by atoms with Crippen LogP contribution >= 0.6 is 0 Å². The van der Waals surface area contributed by atoms with Crippen LogP contribution in [-0.2, 0) is 0 Å². The molecule has 0 bridgehead atoms. The van der Waals surface area contributed by atoms with Crippen LogP contribution in [0.15, 0.2) is 23.8 Å². The summed E-state index contributed by atoms with van der Waals surface area (Å²) in [6.07, 6.45) is 14.2. The van der Waals surface area contributed by atoms with Gasteiger partial charge in [-0.1, -0.05) is 51.5 Å². The molecule has 0 radical (unpaired) electrons. The second-order valence-corrected chi connectivity index (χ2v) is 12.2. The van der Waals surface area contributed by atoms with Gasteiger partial charge in [0.15, 0.2) is 0 Å². The molecule has 0 spiro atoms. The standard InChI is InChI=1S/C28H46O2/c1-18(2)19(3)6-7-20(17-29)24-10-11-25-23-9-8-21-16-22(30)12-14-27(21,4)26(23)13-15-28(24,25)5/h8,18,20,22-26,29-30H,3,6-7,9-17H2,1-2,4-5H3/t20-,22?,23-,24+,25-,26-,27-,28+/m0/s1. The molecule has 0 aromatic rings. The molecule has 2 heteroatoms. The van der Waals surface area contributed by atoms with Crippen molar-refractivity contribution in [1.82, 2.24) is 0 Å². The van der Waals surface area contributed by atoms with Gasteiger partial charge in [0.05, 0.1) is 6.10 Å². The molecule has 4 rings (SSSR count). The second kappa shape index (κ2) is 8.39. The molecular weight excluding hydrogens is 368 g/mol. The van der Waals surface area contributed by atoms with E-state index in [9.17, 15) is 10.2 Å². The number of allylic oxidation sites excluding steroid dienone is 2. The number of aliphatic hydroxyl groups excluding tert-OH is 2. The monoisotopic (exact) mass is 414 g/mol. The van der Waals surface area contributed by atoms with E-state index in [1.807, 2.05) is 0 Å². The zero-order valence-electron chi connectivity index (χ0n) is 20.0. The molecule has 0 saturated heterocycles. The smallest absolute Gasteiger partial charge is 0.0577 e. The molecule has 0 amide bonds. The van der Waals surface area contributed by atoms with Gasteiger partial charge in [0.2, 0.25) is 0 Å². The minimum absolute atomic E-state index is 0.114. The number of rotatable bonds is 6. The van der Waals surface area contributed by atoms with Gasteiger partial charge in [-0.3, -0.25) is 0 Å². The highest BCUT2D eigenvalue weighted by atomic mass is 16.3. The van der Waals surface area contributed by atoms with Crippen molar-refractivity contribution in [3.8, 4) is 0 Å². The topological polar surface area (TPSA) is 40.5 Å². The van der Waals surface area contributed by atoms with Crippen LogP contribution in [0.5, 0.6) is 0 Å². The maximum atomic E-state index is 10.3. The fraction of sp³-hybridized carbons (Fsp3) is 0.857. The largest absolute Gasteiger partial charge is 0.396 e. The maximum absolute atomic E-state index is 10.3. The van der Waals surface area contributed by atoms with Crippen LogP contribution in [0.3, 0.4) is 0 Å². The first-order valence-electron chi connectivity index (χ1n) is 12.9. The normalized spacial score (nSPS) is 44.1. The zero-order chi connectivity index (χ0) is 21.7. The summed E-state index contributed by atoms with van der Waals surface area (Å²) in [4.78, 5) is 0. The van der Waals surface area contributed by atoms with Crippen molar-refractivity contribution in [3.63, 3.8) is 0 Å². The van der Waals surface area contributed by atoms with E-state index in [0.717, 1.165) is 43.4 Å². The molecule has 3 saturated carbocycles. The highest BCUT2D eigenvalue weighted by molar-refractivity contribution is 5.25. The van der Waals surface area contributed by atoms with E-state index >= 15 is 0 Å². The van der Waals surface area contributed by atoms with Crippen LogP contribution in [0.2, 0.25) is 0 Å². The third-order valence-corrected chi connectivity index (χ3v) is 10.6. The summed E-state index contributed by atoms with van der Waals surface area (Å²) in [5.74, 6) is 4.06. The number of fused-ring (bicyclic) bond motifs is 5. The Morgan fingerprint density at radius 1 is 1.13 bits per heavy atom. The van der Waals surface area contributed by atoms with E-state index in [-0.39, 0.29) is 6.10 Å². The molecule has 30 heavy (non-hydrogen) atoms. The molecule has 0 heterocycles. The lowest BCUT2D eigenvalue weighted by molar-refractivity contribution is -0.0621. The summed E-state index contributed by atoms with van der Waals surface area (Å²) in [6.45, 7) is 14.2. The van der Waals surface area contributed by atoms with Crippen LogP contribution in [0.4, 0.5) is 0 Å². The molecule has 1 unspecified atom stereocenters. The van der Waals surface area contributed by atoms with Crippen molar-refractivity contribution in [2.24, 2.45) is 46.3 Å². The molecule has 0 aromatic carbocycles. The Bertz CT molecular complexity index is 678. The van der Waals surface area contributed by atoms with Crippen LogP contribution in [0.1, 0.15) is 91.9 Å². The summed E-state index contributed by atoms with van der Waals surface area (Å²) < 4.78 is 0. The molecule has 2 nitrogen and oxygen atoms in total. The van der Waals surface area contributed by atoms with E-state index in [0.29, 0.717) is 35.2 Å². The Kier molecular flexibility index (Phi) is 6.32. The maximum Gasteiger partial charge on any atom is 0.0577 e. The van der Waals surface area contributed by atoms with Gasteiger partial charge in [0.25, 0.3) is 0 Å². The zero-order valence-corrected chi connectivity index (χ0v) is 20.0. The average molecular weight is 415 g/mol. The van der Waals surface area contributed by atoms with Crippen molar-refractivity contribution in [3.05, 3.63) is 23.8 Å².